The monoisotopic (exact) mass is 273 g/mol. The fraction of sp³-hybridized carbons (Fsp3) is 0.333. The van der Waals surface area contributed by atoms with Crippen LogP contribution in [0.4, 0.5) is 5.69 Å². The van der Waals surface area contributed by atoms with E-state index in [1.165, 1.54) is 6.08 Å². The fourth-order valence-corrected chi connectivity index (χ4v) is 2.16. The Kier molecular flexibility index (Phi) is 4.40. The molecule has 1 fully saturated rings. The van der Waals surface area contributed by atoms with Gasteiger partial charge >= 0.3 is 0 Å². The van der Waals surface area contributed by atoms with Crippen molar-refractivity contribution in [2.24, 2.45) is 0 Å². The summed E-state index contributed by atoms with van der Waals surface area (Å²) in [6.07, 6.45) is 4.43. The lowest BCUT2D eigenvalue weighted by atomic mass is 10.1. The second kappa shape index (κ2) is 6.23. The van der Waals surface area contributed by atoms with Crippen LogP contribution in [0.25, 0.3) is 6.08 Å². The van der Waals surface area contributed by atoms with E-state index >= 15 is 0 Å². The maximum absolute atomic E-state index is 11.8. The molecule has 0 radical (unpaired) electrons. The Bertz CT molecular complexity index is 522. The van der Waals surface area contributed by atoms with Crippen molar-refractivity contribution in [2.45, 2.75) is 18.9 Å². The van der Waals surface area contributed by atoms with Gasteiger partial charge in [0.25, 0.3) is 0 Å². The Labute approximate surface area is 118 Å². The lowest BCUT2D eigenvalue weighted by Gasteiger charge is -2.29. The number of anilines is 1. The van der Waals surface area contributed by atoms with Gasteiger partial charge in [-0.1, -0.05) is 12.1 Å². The Hall–Kier alpha value is -2.30. The quantitative estimate of drug-likeness (QED) is 0.637. The number of piperidine rings is 1. The van der Waals surface area contributed by atoms with Crippen LogP contribution in [-0.4, -0.2) is 36.3 Å². The predicted molar refractivity (Wildman–Crippen MR) is 78.7 cm³/mol. The number of nitrogens with two attached hydrogens (primary N) is 1. The number of nitrogens with zero attached hydrogens (tertiary/aromatic N) is 1. The standard InChI is InChI=1S/C15H19N3O2/c1-18-10-13(7-9-15(18)20)17-14(19)8-4-11-2-5-12(16)6-3-11/h2-6,8,13H,7,9-10,16H2,1H3,(H,17,19)/b8-4+. The smallest absolute Gasteiger partial charge is 0.244 e. The van der Waals surface area contributed by atoms with Gasteiger partial charge in [-0.3, -0.25) is 9.59 Å². The summed E-state index contributed by atoms with van der Waals surface area (Å²) in [4.78, 5) is 24.8. The molecular formula is C15H19N3O2. The third kappa shape index (κ3) is 3.85. The minimum atomic E-state index is -0.144. The zero-order chi connectivity index (χ0) is 14.5. The molecule has 0 aliphatic carbocycles. The molecule has 1 unspecified atom stereocenters. The molecule has 1 aliphatic rings. The van der Waals surface area contributed by atoms with Crippen LogP contribution in [0.15, 0.2) is 30.3 Å². The molecule has 5 nitrogen and oxygen atoms in total. The summed E-state index contributed by atoms with van der Waals surface area (Å²) in [7, 11) is 1.75. The number of nitrogens with one attached hydrogen (secondary N) is 1. The van der Waals surface area contributed by atoms with E-state index in [1.807, 2.05) is 12.1 Å². The van der Waals surface area contributed by atoms with Crippen LogP contribution >= 0.6 is 0 Å². The summed E-state index contributed by atoms with van der Waals surface area (Å²) in [6.45, 7) is 0.570. The largest absolute Gasteiger partial charge is 0.399 e. The minimum absolute atomic E-state index is 0.0290. The SMILES string of the molecule is CN1CC(NC(=O)/C=C/c2ccc(N)cc2)CCC1=O. The normalized spacial score (nSPS) is 19.4. The molecule has 5 heteroatoms. The van der Waals surface area contributed by atoms with Crippen molar-refractivity contribution >= 4 is 23.6 Å². The number of rotatable bonds is 3. The average Bonchev–Trinajstić information content (AvgIpc) is 2.42. The molecule has 1 aliphatic heterocycles. The number of likely N-dealkylation sites (tertiary alicyclic amines) is 1. The maximum atomic E-state index is 11.8. The van der Waals surface area contributed by atoms with Gasteiger partial charge in [0.15, 0.2) is 0 Å². The number of hydrogen-bond donors (Lipinski definition) is 2. The van der Waals surface area contributed by atoms with Gasteiger partial charge in [0.2, 0.25) is 11.8 Å². The van der Waals surface area contributed by atoms with Gasteiger partial charge in [-0.15, -0.1) is 0 Å². The zero-order valence-electron chi connectivity index (χ0n) is 11.5. The summed E-state index contributed by atoms with van der Waals surface area (Å²) in [5.74, 6) is -0.0116. The number of carbonyl (C=O) groups is 2. The van der Waals surface area contributed by atoms with Crippen molar-refractivity contribution in [3.63, 3.8) is 0 Å². The van der Waals surface area contributed by atoms with Crippen LogP contribution in [0, 0.1) is 0 Å². The van der Waals surface area contributed by atoms with E-state index in [4.69, 9.17) is 5.73 Å². The van der Waals surface area contributed by atoms with Gasteiger partial charge in [-0.2, -0.15) is 0 Å². The molecule has 1 aromatic carbocycles. The predicted octanol–water partition coefficient (Wildman–Crippen LogP) is 1.02. The highest BCUT2D eigenvalue weighted by molar-refractivity contribution is 5.92. The van der Waals surface area contributed by atoms with Crippen LogP contribution in [0.1, 0.15) is 18.4 Å². The third-order valence-corrected chi connectivity index (χ3v) is 3.34. The Morgan fingerprint density at radius 2 is 2.10 bits per heavy atom. The first-order chi connectivity index (χ1) is 9.54. The summed E-state index contributed by atoms with van der Waals surface area (Å²) in [5, 5.41) is 2.91. The zero-order valence-corrected chi connectivity index (χ0v) is 11.5. The Morgan fingerprint density at radius 3 is 2.75 bits per heavy atom. The van der Waals surface area contributed by atoms with Crippen LogP contribution in [-0.2, 0) is 9.59 Å². The van der Waals surface area contributed by atoms with Gasteiger partial charge in [-0.25, -0.2) is 0 Å². The second-order valence-corrected chi connectivity index (χ2v) is 5.02. The van der Waals surface area contributed by atoms with E-state index in [0.29, 0.717) is 25.1 Å². The molecule has 2 amide bonds. The lowest BCUT2D eigenvalue weighted by molar-refractivity contribution is -0.133. The van der Waals surface area contributed by atoms with Crippen molar-refractivity contribution in [1.82, 2.24) is 10.2 Å². The Morgan fingerprint density at radius 1 is 1.40 bits per heavy atom. The van der Waals surface area contributed by atoms with Gasteiger partial charge in [0.1, 0.15) is 0 Å². The molecule has 1 aromatic rings. The fourth-order valence-electron chi connectivity index (χ4n) is 2.16. The van der Waals surface area contributed by atoms with Crippen LogP contribution in [0.2, 0.25) is 0 Å². The minimum Gasteiger partial charge on any atom is -0.399 e. The topological polar surface area (TPSA) is 75.4 Å². The Balaban J connectivity index is 1.86. The molecule has 0 aromatic heterocycles. The van der Waals surface area contributed by atoms with Crippen LogP contribution in [0.5, 0.6) is 0 Å². The molecule has 1 atom stereocenters. The van der Waals surface area contributed by atoms with E-state index in [0.717, 1.165) is 5.56 Å². The number of carbonyl (C=O) groups excluding carboxylic acids is 2. The van der Waals surface area contributed by atoms with Gasteiger partial charge < -0.3 is 16.0 Å². The molecule has 3 N–H and O–H groups in total. The van der Waals surface area contributed by atoms with Crippen molar-refractivity contribution in [3.8, 4) is 0 Å². The summed E-state index contributed by atoms with van der Waals surface area (Å²) in [6, 6.07) is 7.32. The van der Waals surface area contributed by atoms with Crippen LogP contribution in [0.3, 0.4) is 0 Å². The molecule has 2 rings (SSSR count). The number of hydrogen-bond acceptors (Lipinski definition) is 3. The molecule has 20 heavy (non-hydrogen) atoms. The first kappa shape index (κ1) is 14.1. The molecule has 0 saturated carbocycles. The molecule has 0 spiro atoms. The number of amides is 2. The second-order valence-electron chi connectivity index (χ2n) is 5.02. The van der Waals surface area contributed by atoms with E-state index in [2.05, 4.69) is 5.32 Å². The maximum Gasteiger partial charge on any atom is 0.244 e. The van der Waals surface area contributed by atoms with Gasteiger partial charge in [0.05, 0.1) is 0 Å². The summed E-state index contributed by atoms with van der Waals surface area (Å²) < 4.78 is 0. The molecular weight excluding hydrogens is 254 g/mol. The molecule has 0 bridgehead atoms. The van der Waals surface area contributed by atoms with E-state index < -0.39 is 0 Å². The van der Waals surface area contributed by atoms with Crippen LogP contribution < -0.4 is 11.1 Å². The highest BCUT2D eigenvalue weighted by Crippen LogP contribution is 2.10. The van der Waals surface area contributed by atoms with Gasteiger partial charge in [-0.05, 0) is 30.2 Å². The van der Waals surface area contributed by atoms with Crippen molar-refractivity contribution in [3.05, 3.63) is 35.9 Å². The van der Waals surface area contributed by atoms with E-state index in [1.54, 1.807) is 30.2 Å². The molecule has 106 valence electrons. The number of likely N-dealkylation sites (N-methyl/N-ethyl adjacent to an activating group) is 1. The molecule has 1 heterocycles. The summed E-state index contributed by atoms with van der Waals surface area (Å²) in [5.41, 5.74) is 7.21. The highest BCUT2D eigenvalue weighted by Gasteiger charge is 2.23. The van der Waals surface area contributed by atoms with Crippen molar-refractivity contribution in [2.75, 3.05) is 19.3 Å². The highest BCUT2D eigenvalue weighted by atomic mass is 16.2. The number of nitrogen functional groups attached to an aromatic ring is 1. The third-order valence-electron chi connectivity index (χ3n) is 3.34. The average molecular weight is 273 g/mol. The van der Waals surface area contributed by atoms with E-state index in [-0.39, 0.29) is 17.9 Å². The lowest BCUT2D eigenvalue weighted by Crippen LogP contribution is -2.48. The summed E-state index contributed by atoms with van der Waals surface area (Å²) >= 11 is 0. The first-order valence-corrected chi connectivity index (χ1v) is 6.62. The molecule has 1 saturated heterocycles. The first-order valence-electron chi connectivity index (χ1n) is 6.62. The van der Waals surface area contributed by atoms with Crippen molar-refractivity contribution in [1.29, 1.82) is 0 Å². The van der Waals surface area contributed by atoms with Crippen molar-refractivity contribution < 1.29 is 9.59 Å². The van der Waals surface area contributed by atoms with E-state index in [9.17, 15) is 9.59 Å². The number of benzene rings is 1. The van der Waals surface area contributed by atoms with Gasteiger partial charge in [0, 0.05) is 37.8 Å².